The molecule has 0 aliphatic heterocycles. The summed E-state index contributed by atoms with van der Waals surface area (Å²) in [6.07, 6.45) is 3.28. The molecule has 2 N–H and O–H groups in total. The molecule has 0 unspecified atom stereocenters. The van der Waals surface area contributed by atoms with E-state index in [9.17, 15) is 0 Å². The molecule has 0 saturated carbocycles. The fourth-order valence-electron chi connectivity index (χ4n) is 0.839. The largest absolute Gasteiger partial charge is 0.380 e. The van der Waals surface area contributed by atoms with Gasteiger partial charge in [-0.1, -0.05) is 0 Å². The van der Waals surface area contributed by atoms with Gasteiger partial charge in [-0.3, -0.25) is 0 Å². The van der Waals surface area contributed by atoms with Crippen LogP contribution in [0.25, 0.3) is 0 Å². The number of methoxy groups -OCH3 is 1. The lowest BCUT2D eigenvalue weighted by atomic mass is 10.2. The molecule has 66 valence electrons. The first-order valence-electron chi connectivity index (χ1n) is 3.81. The molecular formula is C8H13N3O. The zero-order valence-electron chi connectivity index (χ0n) is 7.27. The van der Waals surface area contributed by atoms with Crippen molar-refractivity contribution in [2.45, 2.75) is 19.1 Å². The molecule has 0 fully saturated rings. The van der Waals surface area contributed by atoms with E-state index in [4.69, 9.17) is 10.5 Å². The summed E-state index contributed by atoms with van der Waals surface area (Å²) < 4.78 is 5.06. The molecule has 0 saturated heterocycles. The molecule has 4 heteroatoms. The first kappa shape index (κ1) is 9.09. The quantitative estimate of drug-likeness (QED) is 0.712. The molecule has 0 spiro atoms. The maximum Gasteiger partial charge on any atom is 0.147 e. The Morgan fingerprint density at radius 1 is 1.42 bits per heavy atom. The molecule has 0 radical (unpaired) electrons. The van der Waals surface area contributed by atoms with Crippen LogP contribution in [0, 0.1) is 0 Å². The van der Waals surface area contributed by atoms with Gasteiger partial charge in [0.1, 0.15) is 5.82 Å². The van der Waals surface area contributed by atoms with E-state index < -0.39 is 0 Å². The lowest BCUT2D eigenvalue weighted by molar-refractivity contribution is 0.0931. The van der Waals surface area contributed by atoms with Crippen LogP contribution in [0.15, 0.2) is 18.5 Å². The highest BCUT2D eigenvalue weighted by Crippen LogP contribution is 2.09. The van der Waals surface area contributed by atoms with Crippen molar-refractivity contribution in [2.24, 2.45) is 5.73 Å². The fourth-order valence-corrected chi connectivity index (χ4v) is 0.839. The van der Waals surface area contributed by atoms with Crippen molar-refractivity contribution in [3.8, 4) is 0 Å². The van der Waals surface area contributed by atoms with Crippen molar-refractivity contribution in [3.05, 3.63) is 24.3 Å². The van der Waals surface area contributed by atoms with Crippen molar-refractivity contribution in [2.75, 3.05) is 7.11 Å². The van der Waals surface area contributed by atoms with Crippen LogP contribution in [0.4, 0.5) is 0 Å². The summed E-state index contributed by atoms with van der Waals surface area (Å²) in [5.74, 6) is 0.617. The summed E-state index contributed by atoms with van der Waals surface area (Å²) in [6, 6.07) is 1.50. The van der Waals surface area contributed by atoms with E-state index in [0.29, 0.717) is 5.82 Å². The van der Waals surface area contributed by atoms with Gasteiger partial charge in [-0.25, -0.2) is 9.97 Å². The summed E-state index contributed by atoms with van der Waals surface area (Å²) >= 11 is 0. The van der Waals surface area contributed by atoms with Crippen molar-refractivity contribution in [1.29, 1.82) is 0 Å². The average molecular weight is 167 g/mol. The van der Waals surface area contributed by atoms with E-state index >= 15 is 0 Å². The van der Waals surface area contributed by atoms with E-state index in [1.807, 2.05) is 6.92 Å². The lowest BCUT2D eigenvalue weighted by Gasteiger charge is -2.16. The zero-order chi connectivity index (χ0) is 8.97. The van der Waals surface area contributed by atoms with E-state index in [-0.39, 0.29) is 12.1 Å². The predicted octanol–water partition coefficient (Wildman–Crippen LogP) is 0.511. The third-order valence-corrected chi connectivity index (χ3v) is 1.76. The molecule has 1 aromatic heterocycles. The highest BCUT2D eigenvalue weighted by molar-refractivity contribution is 4.96. The van der Waals surface area contributed by atoms with Crippen molar-refractivity contribution < 1.29 is 4.74 Å². The predicted molar refractivity (Wildman–Crippen MR) is 45.4 cm³/mol. The van der Waals surface area contributed by atoms with E-state index in [1.165, 1.54) is 0 Å². The van der Waals surface area contributed by atoms with Crippen LogP contribution >= 0.6 is 0 Å². The van der Waals surface area contributed by atoms with E-state index in [0.717, 1.165) is 0 Å². The summed E-state index contributed by atoms with van der Waals surface area (Å²) in [5.41, 5.74) is 5.80. The molecule has 0 amide bonds. The molecule has 2 atom stereocenters. The van der Waals surface area contributed by atoms with Gasteiger partial charge < -0.3 is 10.5 Å². The summed E-state index contributed by atoms with van der Waals surface area (Å²) in [5, 5.41) is 0. The molecular weight excluding hydrogens is 154 g/mol. The van der Waals surface area contributed by atoms with Crippen LogP contribution in [-0.2, 0) is 4.74 Å². The van der Waals surface area contributed by atoms with Gasteiger partial charge in [-0.2, -0.15) is 0 Å². The molecule has 0 aliphatic rings. The second-order valence-electron chi connectivity index (χ2n) is 2.57. The van der Waals surface area contributed by atoms with Crippen molar-refractivity contribution >= 4 is 0 Å². The first-order valence-corrected chi connectivity index (χ1v) is 3.81. The number of ether oxygens (including phenoxy) is 1. The highest BCUT2D eigenvalue weighted by atomic mass is 16.5. The summed E-state index contributed by atoms with van der Waals surface area (Å²) in [7, 11) is 1.62. The Morgan fingerprint density at radius 3 is 2.50 bits per heavy atom. The Labute approximate surface area is 71.8 Å². The van der Waals surface area contributed by atoms with Gasteiger partial charge in [0, 0.05) is 19.5 Å². The minimum Gasteiger partial charge on any atom is -0.380 e. The van der Waals surface area contributed by atoms with Crippen molar-refractivity contribution in [3.63, 3.8) is 0 Å². The van der Waals surface area contributed by atoms with Crippen LogP contribution in [0.2, 0.25) is 0 Å². The second-order valence-corrected chi connectivity index (χ2v) is 2.57. The number of rotatable bonds is 3. The van der Waals surface area contributed by atoms with E-state index in [1.54, 1.807) is 25.6 Å². The van der Waals surface area contributed by atoms with Gasteiger partial charge >= 0.3 is 0 Å². The average Bonchev–Trinajstić information content (AvgIpc) is 2.17. The van der Waals surface area contributed by atoms with Gasteiger partial charge in [0.25, 0.3) is 0 Å². The molecule has 0 bridgehead atoms. The lowest BCUT2D eigenvalue weighted by Crippen LogP contribution is -2.26. The van der Waals surface area contributed by atoms with Crippen LogP contribution in [0.3, 0.4) is 0 Å². The first-order chi connectivity index (χ1) is 5.75. The Balaban J connectivity index is 2.71. The Morgan fingerprint density at radius 2 is 2.00 bits per heavy atom. The number of nitrogens with zero attached hydrogens (tertiary/aromatic N) is 2. The molecule has 12 heavy (non-hydrogen) atoms. The third kappa shape index (κ3) is 1.99. The van der Waals surface area contributed by atoms with Crippen LogP contribution < -0.4 is 5.73 Å². The molecule has 1 rings (SSSR count). The van der Waals surface area contributed by atoms with Crippen LogP contribution in [0.1, 0.15) is 18.8 Å². The number of aromatic nitrogens is 2. The molecule has 0 aliphatic carbocycles. The molecule has 0 aromatic carbocycles. The minimum atomic E-state index is -0.254. The topological polar surface area (TPSA) is 61.0 Å². The molecule has 1 heterocycles. The fraction of sp³-hybridized carbons (Fsp3) is 0.500. The maximum absolute atomic E-state index is 5.80. The Bertz CT molecular complexity index is 227. The monoisotopic (exact) mass is 167 g/mol. The normalized spacial score (nSPS) is 15.6. The van der Waals surface area contributed by atoms with Gasteiger partial charge in [-0.15, -0.1) is 0 Å². The molecule has 4 nitrogen and oxygen atoms in total. The summed E-state index contributed by atoms with van der Waals surface area (Å²) in [4.78, 5) is 8.06. The van der Waals surface area contributed by atoms with Gasteiger partial charge in [0.2, 0.25) is 0 Å². The highest BCUT2D eigenvalue weighted by Gasteiger charge is 2.15. The summed E-state index contributed by atoms with van der Waals surface area (Å²) in [6.45, 7) is 1.89. The minimum absolute atomic E-state index is 0.0626. The Kier molecular flexibility index (Phi) is 3.13. The third-order valence-electron chi connectivity index (χ3n) is 1.76. The van der Waals surface area contributed by atoms with Gasteiger partial charge in [0.15, 0.2) is 0 Å². The smallest absolute Gasteiger partial charge is 0.147 e. The SMILES string of the molecule is CO[C@H](C)[C@H](N)c1ncccn1. The zero-order valence-corrected chi connectivity index (χ0v) is 7.27. The number of hydrogen-bond donors (Lipinski definition) is 1. The standard InChI is InChI=1S/C8H13N3O/c1-6(12-2)7(9)8-10-4-3-5-11-8/h3-7H,9H2,1-2H3/t6-,7+/m1/s1. The van der Waals surface area contributed by atoms with E-state index in [2.05, 4.69) is 9.97 Å². The van der Waals surface area contributed by atoms with Crippen LogP contribution in [0.5, 0.6) is 0 Å². The maximum atomic E-state index is 5.80. The van der Waals surface area contributed by atoms with Crippen molar-refractivity contribution in [1.82, 2.24) is 9.97 Å². The molecule has 1 aromatic rings. The van der Waals surface area contributed by atoms with Crippen LogP contribution in [-0.4, -0.2) is 23.2 Å². The second kappa shape index (κ2) is 4.13. The number of nitrogens with two attached hydrogens (primary N) is 1. The number of hydrogen-bond acceptors (Lipinski definition) is 4. The Hall–Kier alpha value is -1.00. The van der Waals surface area contributed by atoms with Gasteiger partial charge in [0.05, 0.1) is 12.1 Å². The van der Waals surface area contributed by atoms with Gasteiger partial charge in [-0.05, 0) is 13.0 Å².